The van der Waals surface area contributed by atoms with Gasteiger partial charge in [-0.05, 0) is 25.8 Å². The fourth-order valence-corrected chi connectivity index (χ4v) is 2.63. The smallest absolute Gasteiger partial charge is 0.314 e. The molecule has 0 unspecified atom stereocenters. The molecule has 1 heterocycles. The summed E-state index contributed by atoms with van der Waals surface area (Å²) < 4.78 is 2.82. The van der Waals surface area contributed by atoms with Crippen LogP contribution in [0.3, 0.4) is 0 Å². The molecule has 1 aromatic rings. The lowest BCUT2D eigenvalue weighted by molar-refractivity contribution is 0.368. The van der Waals surface area contributed by atoms with Gasteiger partial charge in [0.25, 0.3) is 0 Å². The zero-order valence-corrected chi connectivity index (χ0v) is 11.6. The zero-order chi connectivity index (χ0) is 13.7. The highest BCUT2D eigenvalue weighted by atomic mass is 16.2. The van der Waals surface area contributed by atoms with Gasteiger partial charge in [-0.25, -0.2) is 0 Å². The largest absolute Gasteiger partial charge is 0.316 e. The van der Waals surface area contributed by atoms with Gasteiger partial charge in [0.15, 0.2) is 0 Å². The molecule has 1 aromatic heterocycles. The molecule has 0 amide bonds. The van der Waals surface area contributed by atoms with Gasteiger partial charge in [0.2, 0.25) is 0 Å². The molecule has 1 fully saturated rings. The number of aromatic nitrogens is 2. The Bertz CT molecular complexity index is 512. The maximum Gasteiger partial charge on any atom is 0.316 e. The lowest BCUT2D eigenvalue weighted by Gasteiger charge is -2.22. The molecule has 0 spiro atoms. The number of hydrogen-bond donors (Lipinski definition) is 1. The SMILES string of the molecule is Cn1ccn(CCCNC2CCCCC2)c(=O)c1=O. The Balaban J connectivity index is 1.78. The van der Waals surface area contributed by atoms with Crippen molar-refractivity contribution < 1.29 is 0 Å². The summed E-state index contributed by atoms with van der Waals surface area (Å²) in [4.78, 5) is 23.2. The van der Waals surface area contributed by atoms with Crippen molar-refractivity contribution in [2.24, 2.45) is 7.05 Å². The van der Waals surface area contributed by atoms with Crippen LogP contribution in [0.1, 0.15) is 38.5 Å². The predicted octanol–water partition coefficient (Wildman–Crippen LogP) is 0.859. The van der Waals surface area contributed by atoms with Crippen LogP contribution in [0.5, 0.6) is 0 Å². The molecule has 5 nitrogen and oxygen atoms in total. The number of nitrogens with zero attached hydrogens (tertiary/aromatic N) is 2. The van der Waals surface area contributed by atoms with Gasteiger partial charge < -0.3 is 14.5 Å². The average molecular weight is 265 g/mol. The second-order valence-corrected chi connectivity index (χ2v) is 5.36. The van der Waals surface area contributed by atoms with Crippen LogP contribution in [0, 0.1) is 0 Å². The molecule has 106 valence electrons. The summed E-state index contributed by atoms with van der Waals surface area (Å²) in [7, 11) is 1.60. The number of aryl methyl sites for hydroxylation is 2. The lowest BCUT2D eigenvalue weighted by Crippen LogP contribution is -2.40. The molecule has 5 heteroatoms. The Morgan fingerprint density at radius 3 is 2.63 bits per heavy atom. The molecule has 0 aliphatic heterocycles. The first kappa shape index (κ1) is 14.1. The molecule has 19 heavy (non-hydrogen) atoms. The second kappa shape index (κ2) is 6.70. The number of rotatable bonds is 5. The number of hydrogen-bond acceptors (Lipinski definition) is 3. The van der Waals surface area contributed by atoms with Gasteiger partial charge in [0, 0.05) is 32.0 Å². The summed E-state index contributed by atoms with van der Waals surface area (Å²) in [6.07, 6.45) is 10.8. The van der Waals surface area contributed by atoms with Crippen molar-refractivity contribution in [3.8, 4) is 0 Å². The van der Waals surface area contributed by atoms with Gasteiger partial charge in [0.1, 0.15) is 0 Å². The van der Waals surface area contributed by atoms with Gasteiger partial charge >= 0.3 is 11.1 Å². The summed E-state index contributed by atoms with van der Waals surface area (Å²) in [6, 6.07) is 0.647. The minimum Gasteiger partial charge on any atom is -0.314 e. The Morgan fingerprint density at radius 2 is 1.89 bits per heavy atom. The van der Waals surface area contributed by atoms with Crippen LogP contribution in [-0.4, -0.2) is 21.7 Å². The van der Waals surface area contributed by atoms with Gasteiger partial charge in [-0.1, -0.05) is 19.3 Å². The van der Waals surface area contributed by atoms with E-state index in [2.05, 4.69) is 5.32 Å². The van der Waals surface area contributed by atoms with Crippen LogP contribution in [-0.2, 0) is 13.6 Å². The van der Waals surface area contributed by atoms with Gasteiger partial charge in [-0.15, -0.1) is 0 Å². The third kappa shape index (κ3) is 3.80. The summed E-state index contributed by atoms with van der Waals surface area (Å²) in [5.41, 5.74) is -0.884. The monoisotopic (exact) mass is 265 g/mol. The van der Waals surface area contributed by atoms with E-state index < -0.39 is 11.1 Å². The fraction of sp³-hybridized carbons (Fsp3) is 0.714. The van der Waals surface area contributed by atoms with Crippen LogP contribution in [0.15, 0.2) is 22.0 Å². The maximum absolute atomic E-state index is 11.7. The van der Waals surface area contributed by atoms with Crippen LogP contribution in [0.4, 0.5) is 0 Å². The van der Waals surface area contributed by atoms with E-state index in [0.717, 1.165) is 13.0 Å². The Hall–Kier alpha value is -1.36. The number of nitrogens with one attached hydrogen (secondary N) is 1. The Kier molecular flexibility index (Phi) is 4.96. The molecular weight excluding hydrogens is 242 g/mol. The molecule has 2 rings (SSSR count). The molecule has 1 aliphatic carbocycles. The second-order valence-electron chi connectivity index (χ2n) is 5.36. The molecule has 1 saturated carbocycles. The van der Waals surface area contributed by atoms with Crippen molar-refractivity contribution in [1.29, 1.82) is 0 Å². The third-order valence-corrected chi connectivity index (χ3v) is 3.85. The fourth-order valence-electron chi connectivity index (χ4n) is 2.63. The quantitative estimate of drug-likeness (QED) is 0.634. The van der Waals surface area contributed by atoms with Crippen LogP contribution in [0.2, 0.25) is 0 Å². The maximum atomic E-state index is 11.7. The molecule has 1 aliphatic rings. The van der Waals surface area contributed by atoms with Crippen LogP contribution >= 0.6 is 0 Å². The van der Waals surface area contributed by atoms with Crippen molar-refractivity contribution >= 4 is 0 Å². The van der Waals surface area contributed by atoms with Crippen molar-refractivity contribution in [3.63, 3.8) is 0 Å². The first-order valence-electron chi connectivity index (χ1n) is 7.18. The van der Waals surface area contributed by atoms with Crippen molar-refractivity contribution in [1.82, 2.24) is 14.5 Å². The lowest BCUT2D eigenvalue weighted by atomic mass is 9.95. The highest BCUT2D eigenvalue weighted by molar-refractivity contribution is 4.84. The summed E-state index contributed by atoms with van der Waals surface area (Å²) in [5, 5.41) is 3.54. The van der Waals surface area contributed by atoms with E-state index in [0.29, 0.717) is 12.6 Å². The topological polar surface area (TPSA) is 56.0 Å². The molecule has 1 N–H and O–H groups in total. The van der Waals surface area contributed by atoms with Crippen molar-refractivity contribution in [2.75, 3.05) is 6.54 Å². The zero-order valence-electron chi connectivity index (χ0n) is 11.6. The van der Waals surface area contributed by atoms with E-state index in [1.54, 1.807) is 19.4 Å². The molecule has 0 aromatic carbocycles. The summed E-state index contributed by atoms with van der Waals surface area (Å²) in [6.45, 7) is 1.51. The standard InChI is InChI=1S/C14H23N3O2/c1-16-10-11-17(14(19)13(16)18)9-5-8-15-12-6-3-2-4-7-12/h10-12,15H,2-9H2,1H3. The van der Waals surface area contributed by atoms with E-state index in [4.69, 9.17) is 0 Å². The van der Waals surface area contributed by atoms with E-state index >= 15 is 0 Å². The first-order chi connectivity index (χ1) is 9.18. The van der Waals surface area contributed by atoms with Crippen LogP contribution < -0.4 is 16.4 Å². The van der Waals surface area contributed by atoms with Gasteiger partial charge in [-0.3, -0.25) is 9.59 Å². The minimum absolute atomic E-state index is 0.428. The average Bonchev–Trinajstić information content (AvgIpc) is 2.44. The van der Waals surface area contributed by atoms with E-state index in [1.165, 1.54) is 41.2 Å². The summed E-state index contributed by atoms with van der Waals surface area (Å²) >= 11 is 0. The molecule has 0 atom stereocenters. The predicted molar refractivity (Wildman–Crippen MR) is 75.4 cm³/mol. The molecule has 0 radical (unpaired) electrons. The van der Waals surface area contributed by atoms with E-state index in [1.807, 2.05) is 0 Å². The highest BCUT2D eigenvalue weighted by Gasteiger charge is 2.11. The van der Waals surface area contributed by atoms with Crippen molar-refractivity contribution in [3.05, 3.63) is 33.1 Å². The van der Waals surface area contributed by atoms with Gasteiger partial charge in [-0.2, -0.15) is 0 Å². The van der Waals surface area contributed by atoms with Crippen molar-refractivity contribution in [2.45, 2.75) is 51.1 Å². The van der Waals surface area contributed by atoms with Gasteiger partial charge in [0.05, 0.1) is 0 Å². The minimum atomic E-state index is -0.456. The molecular formula is C14H23N3O2. The first-order valence-corrected chi connectivity index (χ1v) is 7.18. The Morgan fingerprint density at radius 1 is 1.16 bits per heavy atom. The molecule has 0 bridgehead atoms. The normalized spacial score (nSPS) is 16.7. The van der Waals surface area contributed by atoms with E-state index in [-0.39, 0.29) is 0 Å². The Labute approximate surface area is 113 Å². The summed E-state index contributed by atoms with van der Waals surface area (Å²) in [5.74, 6) is 0. The molecule has 0 saturated heterocycles. The van der Waals surface area contributed by atoms with E-state index in [9.17, 15) is 9.59 Å². The highest BCUT2D eigenvalue weighted by Crippen LogP contribution is 2.17. The third-order valence-electron chi connectivity index (χ3n) is 3.85. The van der Waals surface area contributed by atoms with Crippen LogP contribution in [0.25, 0.3) is 0 Å².